The van der Waals surface area contributed by atoms with Crippen molar-refractivity contribution < 1.29 is 27.5 Å². The van der Waals surface area contributed by atoms with E-state index in [2.05, 4.69) is 20.3 Å². The van der Waals surface area contributed by atoms with Crippen molar-refractivity contribution in [2.24, 2.45) is 0 Å². The van der Waals surface area contributed by atoms with E-state index in [9.17, 15) is 18.4 Å². The van der Waals surface area contributed by atoms with Crippen LogP contribution in [0.5, 0.6) is 5.75 Å². The Labute approximate surface area is 190 Å². The minimum atomic E-state index is -2.97. The summed E-state index contributed by atoms with van der Waals surface area (Å²) in [4.78, 5) is 26.5. The maximum absolute atomic E-state index is 13.0. The van der Waals surface area contributed by atoms with Crippen molar-refractivity contribution in [1.82, 2.24) is 20.4 Å². The fourth-order valence-electron chi connectivity index (χ4n) is 3.23. The molecule has 1 atom stereocenters. The van der Waals surface area contributed by atoms with Crippen LogP contribution in [0.25, 0.3) is 11.5 Å². The van der Waals surface area contributed by atoms with Crippen LogP contribution in [0.2, 0.25) is 10.0 Å². The molecule has 1 unspecified atom stereocenters. The number of imide groups is 1. The number of urea groups is 1. The van der Waals surface area contributed by atoms with Crippen LogP contribution in [0.3, 0.4) is 0 Å². The molecular weight excluding hydrogens is 469 g/mol. The highest BCUT2D eigenvalue weighted by molar-refractivity contribution is 6.36. The summed E-state index contributed by atoms with van der Waals surface area (Å²) < 4.78 is 34.6. The number of carbonyl (C=O) groups is 2. The number of rotatable bonds is 6. The number of carbonyl (C=O) groups excluding carboxylic acids is 2. The van der Waals surface area contributed by atoms with E-state index in [0.29, 0.717) is 21.2 Å². The predicted molar refractivity (Wildman–Crippen MR) is 109 cm³/mol. The van der Waals surface area contributed by atoms with E-state index in [4.69, 9.17) is 27.6 Å². The molecule has 2 heterocycles. The van der Waals surface area contributed by atoms with Crippen molar-refractivity contribution in [3.63, 3.8) is 0 Å². The van der Waals surface area contributed by atoms with Gasteiger partial charge in [0, 0.05) is 5.02 Å². The second-order valence-corrected chi connectivity index (χ2v) is 7.82. The maximum Gasteiger partial charge on any atom is 0.387 e. The lowest BCUT2D eigenvalue weighted by Crippen LogP contribution is -2.40. The quantitative estimate of drug-likeness (QED) is 0.515. The zero-order valence-corrected chi connectivity index (χ0v) is 17.8. The lowest BCUT2D eigenvalue weighted by molar-refractivity contribution is -0.131. The number of alkyl halides is 2. The summed E-state index contributed by atoms with van der Waals surface area (Å²) in [5.74, 6) is -0.528. The van der Waals surface area contributed by atoms with Crippen LogP contribution in [0, 0.1) is 0 Å². The smallest absolute Gasteiger partial charge is 0.387 e. The zero-order chi connectivity index (χ0) is 23.0. The average Bonchev–Trinajstić information content (AvgIpc) is 3.27. The molecule has 0 radical (unpaired) electrons. The van der Waals surface area contributed by atoms with Gasteiger partial charge in [0.2, 0.25) is 11.8 Å². The van der Waals surface area contributed by atoms with Gasteiger partial charge < -0.3 is 14.5 Å². The Morgan fingerprint density at radius 3 is 2.53 bits per heavy atom. The highest BCUT2D eigenvalue weighted by Crippen LogP contribution is 2.32. The SMILES string of the molecule is CC1(c2ccc(OC(F)F)cc2)NC(=O)N(Cc2nnc(-c3ccc(Cl)cc3Cl)o2)C1=O. The monoisotopic (exact) mass is 482 g/mol. The van der Waals surface area contributed by atoms with Gasteiger partial charge in [0.05, 0.1) is 10.6 Å². The van der Waals surface area contributed by atoms with E-state index in [1.807, 2.05) is 0 Å². The van der Waals surface area contributed by atoms with E-state index < -0.39 is 24.1 Å². The fourth-order valence-corrected chi connectivity index (χ4v) is 3.72. The molecule has 1 aliphatic heterocycles. The van der Waals surface area contributed by atoms with Crippen LogP contribution in [0.4, 0.5) is 13.6 Å². The molecule has 8 nitrogen and oxygen atoms in total. The molecule has 32 heavy (non-hydrogen) atoms. The summed E-state index contributed by atoms with van der Waals surface area (Å²) in [6.45, 7) is -1.74. The van der Waals surface area contributed by atoms with Crippen LogP contribution >= 0.6 is 23.2 Å². The second kappa shape index (κ2) is 8.36. The zero-order valence-electron chi connectivity index (χ0n) is 16.3. The van der Waals surface area contributed by atoms with Gasteiger partial charge in [-0.3, -0.25) is 9.69 Å². The molecule has 4 rings (SSSR count). The summed E-state index contributed by atoms with van der Waals surface area (Å²) in [5, 5.41) is 11.1. The standard InChI is InChI=1S/C20H14Cl2F2N4O4/c1-20(10-2-5-12(6-3-10)31-18(23)24)17(29)28(19(30)25-20)9-15-26-27-16(32-15)13-7-4-11(21)8-14(13)22/h2-8,18H,9H2,1H3,(H,25,30). The molecule has 0 spiro atoms. The number of ether oxygens (including phenoxy) is 1. The first-order valence-electron chi connectivity index (χ1n) is 9.14. The van der Waals surface area contributed by atoms with Crippen LogP contribution in [-0.2, 0) is 16.9 Å². The van der Waals surface area contributed by atoms with Crippen molar-refractivity contribution in [2.45, 2.75) is 25.6 Å². The molecular formula is C20H14Cl2F2N4O4. The first-order chi connectivity index (χ1) is 15.2. The first kappa shape index (κ1) is 22.0. The van der Waals surface area contributed by atoms with Crippen molar-refractivity contribution in [2.75, 3.05) is 0 Å². The van der Waals surface area contributed by atoms with Crippen molar-refractivity contribution in [3.05, 3.63) is 64.0 Å². The van der Waals surface area contributed by atoms with E-state index in [1.165, 1.54) is 37.3 Å². The molecule has 0 saturated carbocycles. The summed E-state index contributed by atoms with van der Waals surface area (Å²) in [7, 11) is 0. The Morgan fingerprint density at radius 1 is 1.16 bits per heavy atom. The first-order valence-corrected chi connectivity index (χ1v) is 9.90. The van der Waals surface area contributed by atoms with Gasteiger partial charge in [0.25, 0.3) is 5.91 Å². The lowest BCUT2D eigenvalue weighted by atomic mass is 9.92. The molecule has 0 bridgehead atoms. The minimum Gasteiger partial charge on any atom is -0.435 e. The number of nitrogens with zero attached hydrogens (tertiary/aromatic N) is 3. The third kappa shape index (κ3) is 4.11. The maximum atomic E-state index is 13.0. The predicted octanol–water partition coefficient (Wildman–Crippen LogP) is 4.61. The lowest BCUT2D eigenvalue weighted by Gasteiger charge is -2.22. The number of amides is 3. The van der Waals surface area contributed by atoms with Gasteiger partial charge in [-0.1, -0.05) is 35.3 Å². The van der Waals surface area contributed by atoms with Gasteiger partial charge in [-0.05, 0) is 42.8 Å². The highest BCUT2D eigenvalue weighted by Gasteiger charge is 2.49. The number of halogens is 4. The second-order valence-electron chi connectivity index (χ2n) is 6.97. The van der Waals surface area contributed by atoms with E-state index in [1.54, 1.807) is 12.1 Å². The number of nitrogens with one attached hydrogen (secondary N) is 1. The third-order valence-electron chi connectivity index (χ3n) is 4.85. The highest BCUT2D eigenvalue weighted by atomic mass is 35.5. The Kier molecular flexibility index (Phi) is 5.74. The van der Waals surface area contributed by atoms with Crippen LogP contribution in [0.1, 0.15) is 18.4 Å². The molecule has 3 aromatic rings. The Bertz CT molecular complexity index is 1190. The van der Waals surface area contributed by atoms with E-state index in [0.717, 1.165) is 4.90 Å². The molecule has 1 saturated heterocycles. The summed E-state index contributed by atoms with van der Waals surface area (Å²) >= 11 is 12.0. The molecule has 1 aromatic heterocycles. The normalized spacial score (nSPS) is 18.4. The van der Waals surface area contributed by atoms with E-state index >= 15 is 0 Å². The molecule has 1 N–H and O–H groups in total. The van der Waals surface area contributed by atoms with Gasteiger partial charge in [0.15, 0.2) is 0 Å². The number of aromatic nitrogens is 2. The van der Waals surface area contributed by atoms with Crippen molar-refractivity contribution in [1.29, 1.82) is 0 Å². The molecule has 1 aliphatic rings. The topological polar surface area (TPSA) is 97.6 Å². The molecule has 2 aromatic carbocycles. The fraction of sp³-hybridized carbons (Fsp3) is 0.200. The Hall–Kier alpha value is -3.24. The molecule has 166 valence electrons. The molecule has 1 fully saturated rings. The Balaban J connectivity index is 1.53. The van der Waals surface area contributed by atoms with Gasteiger partial charge >= 0.3 is 12.6 Å². The summed E-state index contributed by atoms with van der Waals surface area (Å²) in [6.07, 6.45) is 0. The summed E-state index contributed by atoms with van der Waals surface area (Å²) in [5.41, 5.74) is -0.579. The van der Waals surface area contributed by atoms with Gasteiger partial charge in [0.1, 0.15) is 17.8 Å². The third-order valence-corrected chi connectivity index (χ3v) is 5.40. The average molecular weight is 483 g/mol. The summed E-state index contributed by atoms with van der Waals surface area (Å²) in [6, 6.07) is 9.47. The van der Waals surface area contributed by atoms with Crippen molar-refractivity contribution >= 4 is 35.1 Å². The minimum absolute atomic E-state index is 0.0134. The van der Waals surface area contributed by atoms with E-state index in [-0.39, 0.29) is 24.1 Å². The van der Waals surface area contributed by atoms with Crippen LogP contribution in [-0.4, -0.2) is 33.6 Å². The number of benzene rings is 2. The van der Waals surface area contributed by atoms with Gasteiger partial charge in [-0.15, -0.1) is 10.2 Å². The van der Waals surface area contributed by atoms with Gasteiger partial charge in [-0.2, -0.15) is 8.78 Å². The van der Waals surface area contributed by atoms with Crippen LogP contribution in [0.15, 0.2) is 46.9 Å². The van der Waals surface area contributed by atoms with Gasteiger partial charge in [-0.25, -0.2) is 4.79 Å². The Morgan fingerprint density at radius 2 is 1.88 bits per heavy atom. The number of hydrogen-bond acceptors (Lipinski definition) is 6. The largest absolute Gasteiger partial charge is 0.435 e. The molecule has 12 heteroatoms. The molecule has 0 aliphatic carbocycles. The number of hydrogen-bond donors (Lipinski definition) is 1. The van der Waals surface area contributed by atoms with Crippen LogP contribution < -0.4 is 10.1 Å². The molecule has 3 amide bonds. The van der Waals surface area contributed by atoms with Crippen molar-refractivity contribution in [3.8, 4) is 17.2 Å².